The molecule has 0 aliphatic carbocycles. The zero-order chi connectivity index (χ0) is 16.1. The van der Waals surface area contributed by atoms with Crippen molar-refractivity contribution in [1.29, 1.82) is 0 Å². The largest absolute Gasteiger partial charge is 0.462 e. The number of esters is 1. The van der Waals surface area contributed by atoms with Gasteiger partial charge in [-0.1, -0.05) is 43.2 Å². The van der Waals surface area contributed by atoms with E-state index >= 15 is 0 Å². The molecule has 1 unspecified atom stereocenters. The van der Waals surface area contributed by atoms with Crippen molar-refractivity contribution >= 4 is 12.0 Å². The van der Waals surface area contributed by atoms with Crippen LogP contribution in [-0.4, -0.2) is 18.6 Å². The van der Waals surface area contributed by atoms with Gasteiger partial charge < -0.3 is 15.4 Å². The molecule has 0 bridgehead atoms. The summed E-state index contributed by atoms with van der Waals surface area (Å²) >= 11 is 0. The Morgan fingerprint density at radius 3 is 2.55 bits per heavy atom. The molecular formula is C17H22N2O3. The maximum Gasteiger partial charge on any atom is 0.338 e. The molecule has 0 aromatic heterocycles. The number of hydrogen-bond donors (Lipinski definition) is 2. The molecule has 1 heterocycles. The van der Waals surface area contributed by atoms with Crippen molar-refractivity contribution in [3.63, 3.8) is 0 Å². The second-order valence-electron chi connectivity index (χ2n) is 5.47. The number of urea groups is 1. The summed E-state index contributed by atoms with van der Waals surface area (Å²) in [5.74, 6) is -0.385. The van der Waals surface area contributed by atoms with Crippen molar-refractivity contribution in [3.05, 3.63) is 46.7 Å². The molecule has 1 aliphatic heterocycles. The smallest absolute Gasteiger partial charge is 0.338 e. The zero-order valence-electron chi connectivity index (χ0n) is 13.2. The lowest BCUT2D eigenvalue weighted by molar-refractivity contribution is -0.139. The van der Waals surface area contributed by atoms with Crippen molar-refractivity contribution in [3.8, 4) is 0 Å². The molecule has 2 rings (SSSR count). The van der Waals surface area contributed by atoms with Crippen LogP contribution >= 0.6 is 0 Å². The molecule has 0 radical (unpaired) electrons. The maximum absolute atomic E-state index is 12.4. The summed E-state index contributed by atoms with van der Waals surface area (Å²) in [6, 6.07) is 6.95. The molecule has 0 fully saturated rings. The summed E-state index contributed by atoms with van der Waals surface area (Å²) in [7, 11) is 0. The van der Waals surface area contributed by atoms with Crippen LogP contribution in [0.15, 0.2) is 35.5 Å². The van der Waals surface area contributed by atoms with Crippen LogP contribution in [0, 0.1) is 6.92 Å². The van der Waals surface area contributed by atoms with Crippen molar-refractivity contribution in [2.24, 2.45) is 0 Å². The standard InChI is InChI=1S/C17H22N2O3/c1-4-5-10-22-16(20)14-12(3)18-17(21)19-15(14)13-8-6-11(2)7-9-13/h6-9,15H,4-5,10H2,1-3H3,(H2,18,19,21). The van der Waals surface area contributed by atoms with Gasteiger partial charge in [-0.25, -0.2) is 9.59 Å². The molecule has 118 valence electrons. The van der Waals surface area contributed by atoms with Gasteiger partial charge in [0.15, 0.2) is 0 Å². The number of ether oxygens (including phenoxy) is 1. The molecule has 1 aromatic rings. The number of aryl methyl sites for hydroxylation is 1. The van der Waals surface area contributed by atoms with E-state index in [1.165, 1.54) is 0 Å². The Hall–Kier alpha value is -2.30. The molecule has 1 aromatic carbocycles. The van der Waals surface area contributed by atoms with Crippen LogP contribution in [-0.2, 0) is 9.53 Å². The highest BCUT2D eigenvalue weighted by Crippen LogP contribution is 2.27. The summed E-state index contributed by atoms with van der Waals surface area (Å²) < 4.78 is 5.31. The minimum atomic E-state index is -0.483. The van der Waals surface area contributed by atoms with Crippen LogP contribution in [0.1, 0.15) is 43.9 Å². The summed E-state index contributed by atoms with van der Waals surface area (Å²) in [6.45, 7) is 6.14. The molecule has 22 heavy (non-hydrogen) atoms. The number of unbranched alkanes of at least 4 members (excludes halogenated alkanes) is 1. The highest BCUT2D eigenvalue weighted by molar-refractivity contribution is 5.95. The molecule has 0 saturated carbocycles. The van der Waals surface area contributed by atoms with Gasteiger partial charge in [-0.3, -0.25) is 0 Å². The molecule has 1 atom stereocenters. The average Bonchev–Trinajstić information content (AvgIpc) is 2.47. The maximum atomic E-state index is 12.4. The quantitative estimate of drug-likeness (QED) is 0.649. The van der Waals surface area contributed by atoms with Crippen LogP contribution in [0.2, 0.25) is 0 Å². The Kier molecular flexibility index (Phi) is 5.20. The predicted octanol–water partition coefficient (Wildman–Crippen LogP) is 2.97. The fraction of sp³-hybridized carbons (Fsp3) is 0.412. The molecular weight excluding hydrogens is 280 g/mol. The van der Waals surface area contributed by atoms with E-state index in [-0.39, 0.29) is 12.0 Å². The number of nitrogens with one attached hydrogen (secondary N) is 2. The number of carbonyl (C=O) groups excluding carboxylic acids is 2. The van der Waals surface area contributed by atoms with Crippen molar-refractivity contribution in [2.75, 3.05) is 6.61 Å². The Balaban J connectivity index is 2.28. The fourth-order valence-electron chi connectivity index (χ4n) is 2.36. The first-order valence-corrected chi connectivity index (χ1v) is 7.55. The monoisotopic (exact) mass is 302 g/mol. The lowest BCUT2D eigenvalue weighted by Gasteiger charge is -2.28. The van der Waals surface area contributed by atoms with Gasteiger partial charge in [-0.2, -0.15) is 0 Å². The number of amides is 2. The Morgan fingerprint density at radius 2 is 1.91 bits per heavy atom. The third-order valence-corrected chi connectivity index (χ3v) is 3.63. The van der Waals surface area contributed by atoms with Crippen LogP contribution < -0.4 is 10.6 Å². The van der Waals surface area contributed by atoms with E-state index < -0.39 is 6.04 Å². The van der Waals surface area contributed by atoms with Gasteiger partial charge in [-0.05, 0) is 25.8 Å². The Labute approximate surface area is 130 Å². The van der Waals surface area contributed by atoms with Gasteiger partial charge in [0.1, 0.15) is 0 Å². The molecule has 5 nitrogen and oxygen atoms in total. The van der Waals surface area contributed by atoms with E-state index in [0.29, 0.717) is 17.9 Å². The lowest BCUT2D eigenvalue weighted by atomic mass is 9.95. The van der Waals surface area contributed by atoms with Crippen LogP contribution in [0.5, 0.6) is 0 Å². The molecule has 2 amide bonds. The van der Waals surface area contributed by atoms with E-state index in [1.807, 2.05) is 38.1 Å². The van der Waals surface area contributed by atoms with Gasteiger partial charge in [0, 0.05) is 5.70 Å². The first-order chi connectivity index (χ1) is 10.5. The lowest BCUT2D eigenvalue weighted by Crippen LogP contribution is -2.45. The fourth-order valence-corrected chi connectivity index (χ4v) is 2.36. The Bertz CT molecular complexity index is 590. The van der Waals surface area contributed by atoms with Gasteiger partial charge >= 0.3 is 12.0 Å². The van der Waals surface area contributed by atoms with E-state index in [1.54, 1.807) is 6.92 Å². The molecule has 2 N–H and O–H groups in total. The van der Waals surface area contributed by atoms with E-state index in [4.69, 9.17) is 4.74 Å². The second-order valence-corrected chi connectivity index (χ2v) is 5.47. The topological polar surface area (TPSA) is 67.4 Å². The van der Waals surface area contributed by atoms with Gasteiger partial charge in [-0.15, -0.1) is 0 Å². The SMILES string of the molecule is CCCCOC(=O)C1=C(C)NC(=O)NC1c1ccc(C)cc1. The van der Waals surface area contributed by atoms with Crippen LogP contribution in [0.3, 0.4) is 0 Å². The average molecular weight is 302 g/mol. The number of benzene rings is 1. The van der Waals surface area contributed by atoms with Crippen LogP contribution in [0.25, 0.3) is 0 Å². The summed E-state index contributed by atoms with van der Waals surface area (Å²) in [6.07, 6.45) is 1.79. The number of carbonyl (C=O) groups is 2. The summed E-state index contributed by atoms with van der Waals surface area (Å²) in [5, 5.41) is 5.44. The zero-order valence-corrected chi connectivity index (χ0v) is 13.2. The second kappa shape index (κ2) is 7.11. The first-order valence-electron chi connectivity index (χ1n) is 7.55. The van der Waals surface area contributed by atoms with E-state index in [9.17, 15) is 9.59 Å². The number of rotatable bonds is 5. The molecule has 0 spiro atoms. The predicted molar refractivity (Wildman–Crippen MR) is 84.2 cm³/mol. The van der Waals surface area contributed by atoms with Crippen molar-refractivity contribution < 1.29 is 14.3 Å². The third kappa shape index (κ3) is 3.67. The third-order valence-electron chi connectivity index (χ3n) is 3.63. The minimum absolute atomic E-state index is 0.312. The highest BCUT2D eigenvalue weighted by atomic mass is 16.5. The molecule has 0 saturated heterocycles. The Morgan fingerprint density at radius 1 is 1.23 bits per heavy atom. The normalized spacial score (nSPS) is 17.8. The molecule has 1 aliphatic rings. The highest BCUT2D eigenvalue weighted by Gasteiger charge is 2.31. The van der Waals surface area contributed by atoms with Crippen molar-refractivity contribution in [2.45, 2.75) is 39.7 Å². The first kappa shape index (κ1) is 16.1. The molecule has 5 heteroatoms. The van der Waals surface area contributed by atoms with Gasteiger partial charge in [0.2, 0.25) is 0 Å². The van der Waals surface area contributed by atoms with Gasteiger partial charge in [0.05, 0.1) is 18.2 Å². The van der Waals surface area contributed by atoms with Gasteiger partial charge in [0.25, 0.3) is 0 Å². The summed E-state index contributed by atoms with van der Waals surface area (Å²) in [5.41, 5.74) is 2.98. The van der Waals surface area contributed by atoms with Crippen molar-refractivity contribution in [1.82, 2.24) is 10.6 Å². The minimum Gasteiger partial charge on any atom is -0.462 e. The van der Waals surface area contributed by atoms with Crippen LogP contribution in [0.4, 0.5) is 4.79 Å². The van der Waals surface area contributed by atoms with E-state index in [0.717, 1.165) is 24.0 Å². The number of hydrogen-bond acceptors (Lipinski definition) is 3. The van der Waals surface area contributed by atoms with E-state index in [2.05, 4.69) is 10.6 Å². The summed E-state index contributed by atoms with van der Waals surface area (Å²) in [4.78, 5) is 24.1. The number of allylic oxidation sites excluding steroid dienone is 1.